The zero-order valence-electron chi connectivity index (χ0n) is 20.4. The van der Waals surface area contributed by atoms with Crippen LogP contribution >= 0.6 is 0 Å². The van der Waals surface area contributed by atoms with Crippen molar-refractivity contribution in [1.29, 1.82) is 0 Å². The zero-order chi connectivity index (χ0) is 26.0. The number of hydrogen-bond acceptors (Lipinski definition) is 5. The summed E-state index contributed by atoms with van der Waals surface area (Å²) in [6.07, 6.45) is 10.1. The van der Waals surface area contributed by atoms with E-state index in [1.807, 2.05) is 25.2 Å². The second kappa shape index (κ2) is 14.4. The second-order valence-corrected chi connectivity index (χ2v) is 9.35. The van der Waals surface area contributed by atoms with Gasteiger partial charge in [-0.25, -0.2) is 0 Å². The smallest absolute Gasteiger partial charge is 0 e. The molecule has 0 aliphatic heterocycles. The Balaban J connectivity index is 0. The van der Waals surface area contributed by atoms with E-state index < -0.39 is 23.3 Å². The predicted octanol–water partition coefficient (Wildman–Crippen LogP) is 3.92. The zero-order valence-corrected chi connectivity index (χ0v) is 21.5. The van der Waals surface area contributed by atoms with Gasteiger partial charge in [0.15, 0.2) is 5.92 Å². The van der Waals surface area contributed by atoms with Gasteiger partial charge in [-0.05, 0) is 49.2 Å². The number of carbonyl (C=O) groups excluding carboxylic acids is 2. The molecule has 0 N–H and O–H groups in total. The van der Waals surface area contributed by atoms with Gasteiger partial charge in [-0.1, -0.05) is 33.8 Å². The van der Waals surface area contributed by atoms with Crippen molar-refractivity contribution in [2.24, 2.45) is 28.1 Å². The monoisotopic (exact) mass is 516 g/mol. The molecule has 0 heterocycles. The van der Waals surface area contributed by atoms with Gasteiger partial charge < -0.3 is 14.2 Å². The maximum Gasteiger partial charge on any atom is 0 e. The van der Waals surface area contributed by atoms with Crippen molar-refractivity contribution in [3.63, 3.8) is 0 Å². The summed E-state index contributed by atoms with van der Waals surface area (Å²) in [5.41, 5.74) is -0.204. The Kier molecular flexibility index (Phi) is 14.4. The van der Waals surface area contributed by atoms with E-state index in [2.05, 4.69) is 40.7 Å². The van der Waals surface area contributed by atoms with Crippen LogP contribution in [0.25, 0.3) is 0 Å². The topological polar surface area (TPSA) is 122 Å². The minimum Gasteiger partial charge on any atom is 0 e. The van der Waals surface area contributed by atoms with E-state index in [9.17, 15) is 9.59 Å². The number of allylic oxidation sites excluding steroid dienone is 3. The molecule has 9 heteroatoms. The summed E-state index contributed by atoms with van der Waals surface area (Å²) in [7, 11) is 2.58. The fourth-order valence-corrected chi connectivity index (χ4v) is 5.37. The Morgan fingerprint density at radius 2 is 1.50 bits per heavy atom. The molecule has 0 radical (unpaired) electrons. The first kappa shape index (κ1) is 34.1. The third-order valence-corrected chi connectivity index (χ3v) is 7.90. The molecular formula is C25H32FeO8. The molecule has 0 aromatic carbocycles. The average molecular weight is 516 g/mol. The predicted molar refractivity (Wildman–Crippen MR) is 113 cm³/mol. The maximum atomic E-state index is 12.2. The van der Waals surface area contributed by atoms with Crippen LogP contribution in [0.4, 0.5) is 0 Å². The molecule has 0 spiro atoms. The van der Waals surface area contributed by atoms with Gasteiger partial charge in [-0.15, -0.1) is 0 Å². The van der Waals surface area contributed by atoms with Crippen LogP contribution in [0.2, 0.25) is 0 Å². The van der Waals surface area contributed by atoms with Crippen molar-refractivity contribution in [3.05, 3.63) is 43.9 Å². The van der Waals surface area contributed by atoms with E-state index in [1.54, 1.807) is 0 Å². The van der Waals surface area contributed by atoms with Crippen LogP contribution in [0.5, 0.6) is 0 Å². The minimum atomic E-state index is -0.986. The van der Waals surface area contributed by atoms with E-state index in [1.165, 1.54) is 27.1 Å². The Bertz CT molecular complexity index is 794. The van der Waals surface area contributed by atoms with Crippen LogP contribution in [0.3, 0.4) is 0 Å². The number of esters is 2. The van der Waals surface area contributed by atoms with E-state index in [-0.39, 0.29) is 28.6 Å². The summed E-state index contributed by atoms with van der Waals surface area (Å²) in [5.74, 6) is -0.590. The molecule has 3 aliphatic rings. The van der Waals surface area contributed by atoms with Gasteiger partial charge in [-0.2, -0.15) is 0 Å². The fraction of sp³-hybridized carbons (Fsp3) is 0.640. The summed E-state index contributed by atoms with van der Waals surface area (Å²) in [5, 5.41) is 0. The van der Waals surface area contributed by atoms with Crippen LogP contribution in [0.1, 0.15) is 53.4 Å². The molecule has 2 bridgehead atoms. The van der Waals surface area contributed by atoms with Gasteiger partial charge in [0.2, 0.25) is 0 Å². The quantitative estimate of drug-likeness (QED) is 0.180. The van der Waals surface area contributed by atoms with Gasteiger partial charge in [0.1, 0.15) is 11.9 Å². The van der Waals surface area contributed by atoms with E-state index in [0.29, 0.717) is 17.8 Å². The van der Waals surface area contributed by atoms with Gasteiger partial charge in [0.25, 0.3) is 0 Å². The summed E-state index contributed by atoms with van der Waals surface area (Å²) >= 11 is 0. The second-order valence-electron chi connectivity index (χ2n) is 9.35. The molecule has 2 saturated carbocycles. The number of fused-ring (bicyclic) bond motifs is 2. The Morgan fingerprint density at radius 3 is 1.82 bits per heavy atom. The molecule has 8 nitrogen and oxygen atoms in total. The van der Waals surface area contributed by atoms with Gasteiger partial charge in [0.05, 0.1) is 14.2 Å². The van der Waals surface area contributed by atoms with Gasteiger partial charge in [0, 0.05) is 27.9 Å². The molecule has 0 aromatic rings. The molecule has 34 heavy (non-hydrogen) atoms. The number of carbonyl (C=O) groups is 2. The van der Waals surface area contributed by atoms with Gasteiger partial charge >= 0.3 is 45.8 Å². The summed E-state index contributed by atoms with van der Waals surface area (Å²) < 4.78 is 38.6. The van der Waals surface area contributed by atoms with Crippen LogP contribution in [0.15, 0.2) is 24.0 Å². The van der Waals surface area contributed by atoms with Crippen molar-refractivity contribution in [1.82, 2.24) is 0 Å². The van der Waals surface area contributed by atoms with Gasteiger partial charge in [-0.3, -0.25) is 9.59 Å². The number of rotatable bonds is 5. The summed E-state index contributed by atoms with van der Waals surface area (Å²) in [6.45, 7) is 22.5. The van der Waals surface area contributed by atoms with Crippen LogP contribution in [0, 0.1) is 48.0 Å². The maximum absolute atomic E-state index is 12.2. The van der Waals surface area contributed by atoms with Crippen LogP contribution in [-0.4, -0.2) is 32.3 Å². The van der Waals surface area contributed by atoms with Crippen molar-refractivity contribution in [2.45, 2.75) is 59.5 Å². The first-order valence-corrected chi connectivity index (χ1v) is 10.4. The molecule has 3 aliphatic carbocycles. The molecule has 1 unspecified atom stereocenters. The molecule has 0 saturated heterocycles. The molecule has 4 atom stereocenters. The minimum absolute atomic E-state index is 0. The fourth-order valence-electron chi connectivity index (χ4n) is 5.37. The summed E-state index contributed by atoms with van der Waals surface area (Å²) in [4.78, 5) is 24.3. The van der Waals surface area contributed by atoms with Crippen molar-refractivity contribution in [3.8, 4) is 0 Å². The van der Waals surface area contributed by atoms with Crippen LogP contribution in [-0.2, 0) is 54.8 Å². The third-order valence-electron chi connectivity index (χ3n) is 7.90. The summed E-state index contributed by atoms with van der Waals surface area (Å²) in [6, 6.07) is 0. The van der Waals surface area contributed by atoms with Crippen molar-refractivity contribution in [2.75, 3.05) is 14.2 Å². The van der Waals surface area contributed by atoms with Crippen LogP contribution < -0.4 is 0 Å². The number of hydrogen-bond donors (Lipinski definition) is 0. The molecule has 2 fully saturated rings. The SMILES string of the molecule is COC(=O)C(C(=O)OC)C1(C)C=CC(O[C@@H]2C[C@@H]3CC[C@@]2(C)C3(C)C)=CC1.[C-]#[O+].[C-]#[O+].[C-]#[O+].[Fe]. The number of ether oxygens (including phenoxy) is 3. The molecule has 3 rings (SSSR count). The Hall–Kier alpha value is -2.04. The number of methoxy groups -OCH3 is 2. The van der Waals surface area contributed by atoms with E-state index >= 15 is 0 Å². The normalized spacial score (nSPS) is 29.1. The molecule has 188 valence electrons. The van der Waals surface area contributed by atoms with Crippen molar-refractivity contribution >= 4 is 11.9 Å². The molecule has 0 aromatic heterocycles. The molecular weight excluding hydrogens is 484 g/mol. The molecule has 0 amide bonds. The van der Waals surface area contributed by atoms with E-state index in [4.69, 9.17) is 28.2 Å². The largest absolute Gasteiger partial charge is 0 e. The van der Waals surface area contributed by atoms with Crippen molar-refractivity contribution < 1.29 is 54.8 Å². The van der Waals surface area contributed by atoms with E-state index in [0.717, 1.165) is 12.2 Å². The first-order chi connectivity index (χ1) is 15.6. The average Bonchev–Trinajstić information content (AvgIpc) is 3.18. The first-order valence-electron chi connectivity index (χ1n) is 10.4. The standard InChI is InChI=1S/C22H32O5.3CO.Fe/c1-20(2)14-7-12-22(20,4)16(13-14)27-15-8-10-21(3,11-9-15)17(18(23)25-5)19(24)26-6;3*1-2;/h8-10,14,16-17H,7,11-13H2,1-6H3;;;;/t14-,16+,21?,22+;;;;/m0..../s1. The third kappa shape index (κ3) is 6.34. The Morgan fingerprint density at radius 1 is 1.00 bits per heavy atom. The Labute approximate surface area is 212 Å².